The number of hydrogen-bond donors (Lipinski definition) is 15. The van der Waals surface area contributed by atoms with Crippen molar-refractivity contribution in [3.63, 3.8) is 0 Å². The smallest absolute Gasteiger partial charge is 0.217 e. The van der Waals surface area contributed by atoms with Crippen LogP contribution in [-0.4, -0.2) is 194 Å². The van der Waals surface area contributed by atoms with Gasteiger partial charge in [0.2, 0.25) is 17.7 Å². The van der Waals surface area contributed by atoms with Gasteiger partial charge < -0.3 is 97.0 Å². The quantitative estimate of drug-likeness (QED) is 0.0358. The van der Waals surface area contributed by atoms with Crippen LogP contribution in [0.15, 0.2) is 0 Å². The van der Waals surface area contributed by atoms with E-state index in [9.17, 15) is 55.2 Å². The molecule has 0 bridgehead atoms. The first-order valence-corrected chi connectivity index (χ1v) is 21.6. The Morgan fingerprint density at radius 3 is 1.28 bits per heavy atom. The second kappa shape index (κ2) is 26.8. The Bertz CT molecular complexity index is 1400. The van der Waals surface area contributed by atoms with E-state index in [0.717, 1.165) is 57.8 Å². The lowest BCUT2D eigenvalue weighted by Crippen LogP contribution is -2.71. The molecule has 0 aromatic heterocycles. The normalized spacial score (nSPS) is 33.8. The van der Waals surface area contributed by atoms with Crippen LogP contribution in [0.3, 0.4) is 0 Å². The van der Waals surface area contributed by atoms with E-state index >= 15 is 0 Å². The fourth-order valence-electron chi connectivity index (χ4n) is 7.42. The summed E-state index contributed by atoms with van der Waals surface area (Å²) >= 11 is 10.8. The molecular weight excluding hydrogens is 847 g/mol. The van der Waals surface area contributed by atoms with Crippen LogP contribution in [0.1, 0.15) is 78.6 Å². The Kier molecular flexibility index (Phi) is 23.2. The first-order valence-electron chi connectivity index (χ1n) is 20.8. The number of rotatable bonds is 22. The summed E-state index contributed by atoms with van der Waals surface area (Å²) in [5, 5.41) is 102. The second-order valence-electron chi connectivity index (χ2n) is 15.5. The minimum Gasteiger partial charge on any atom is -0.394 e. The highest BCUT2D eigenvalue weighted by Gasteiger charge is 2.52. The van der Waals surface area contributed by atoms with Gasteiger partial charge in [-0.2, -0.15) is 0 Å². The number of aliphatic hydroxyl groups excluding tert-OH is 8. The number of thiocarbonyl (C=S) groups is 2. The molecule has 3 rings (SSSR count). The van der Waals surface area contributed by atoms with Crippen molar-refractivity contribution < 1.29 is 74.2 Å². The van der Waals surface area contributed by atoms with Gasteiger partial charge in [0.05, 0.1) is 19.8 Å². The summed E-state index contributed by atoms with van der Waals surface area (Å²) in [4.78, 5) is 35.7. The molecule has 3 amide bonds. The Labute approximate surface area is 366 Å². The topological polar surface area (TPSA) is 334 Å². The minimum atomic E-state index is -1.62. The fraction of sp³-hybridized carbons (Fsp3) is 0.865. The van der Waals surface area contributed by atoms with Crippen LogP contribution in [0.5, 0.6) is 0 Å². The third-order valence-corrected chi connectivity index (χ3v) is 11.1. The second-order valence-corrected chi connectivity index (χ2v) is 16.3. The molecule has 3 aliphatic rings. The van der Waals surface area contributed by atoms with Crippen molar-refractivity contribution in [3.05, 3.63) is 0 Å². The fourth-order valence-corrected chi connectivity index (χ4v) is 7.85. The Morgan fingerprint density at radius 2 is 0.852 bits per heavy atom. The summed E-state index contributed by atoms with van der Waals surface area (Å²) in [6.07, 6.45) is -7.01. The van der Waals surface area contributed by atoms with Crippen molar-refractivity contribution in [1.82, 2.24) is 37.2 Å². The van der Waals surface area contributed by atoms with Gasteiger partial charge in [0.1, 0.15) is 73.1 Å². The minimum absolute atomic E-state index is 0.185. The van der Waals surface area contributed by atoms with Crippen LogP contribution in [0, 0.1) is 0 Å². The average molecular weight is 914 g/mol. The maximum atomic E-state index is 12.2. The van der Waals surface area contributed by atoms with Gasteiger partial charge in [0, 0.05) is 33.9 Å². The number of nitrogens with one attached hydrogen (secondary N) is 7. The zero-order valence-corrected chi connectivity index (χ0v) is 36.4. The van der Waals surface area contributed by atoms with E-state index in [2.05, 4.69) is 37.2 Å². The Hall–Kier alpha value is -2.69. The van der Waals surface area contributed by atoms with Gasteiger partial charge >= 0.3 is 0 Å². The van der Waals surface area contributed by atoms with Crippen molar-refractivity contribution in [2.75, 3.05) is 32.9 Å². The molecular formula is C37H67N7O15S2. The lowest BCUT2D eigenvalue weighted by atomic mass is 9.94. The van der Waals surface area contributed by atoms with Crippen molar-refractivity contribution in [2.24, 2.45) is 0 Å². The zero-order chi connectivity index (χ0) is 45.2. The molecule has 352 valence electrons. The van der Waals surface area contributed by atoms with Gasteiger partial charge in [-0.3, -0.25) is 14.4 Å². The predicted molar refractivity (Wildman–Crippen MR) is 224 cm³/mol. The SMILES string of the molecule is CC(=O)N[C@@H]1[C@@H](O)[C@H](O[C@@H]2O[C@H](CO)[C@H](O)[C@H](O)[C@H]2NC(C)=O)[C@@H](CO)O[C@H]1NC(=S)NCCCCCCCCCCCNC(=S)N[C@@H]1O[C@H](CO)[C@@H](O)[C@H](O)[C@H]1NC(C)=O. The summed E-state index contributed by atoms with van der Waals surface area (Å²) in [6.45, 7) is 2.97. The number of aliphatic hydroxyl groups is 8. The zero-order valence-electron chi connectivity index (χ0n) is 34.8. The number of carbonyl (C=O) groups excluding carboxylic acids is 3. The summed E-state index contributed by atoms with van der Waals surface area (Å²) in [7, 11) is 0. The molecule has 3 fully saturated rings. The van der Waals surface area contributed by atoms with E-state index in [1.807, 2.05) is 0 Å². The van der Waals surface area contributed by atoms with Crippen LogP contribution in [0.2, 0.25) is 0 Å². The molecule has 0 radical (unpaired) electrons. The van der Waals surface area contributed by atoms with Gasteiger partial charge in [0.15, 0.2) is 29.0 Å². The molecule has 15 atom stereocenters. The molecule has 3 saturated heterocycles. The standard InChI is InChI=1S/C37H67N7O15S2/c1-18(48)40-24-29(53)27(51)21(15-45)56-33(24)43-36(60)38-13-11-9-7-5-4-6-8-10-12-14-39-37(61)44-34-25(41-19(2)49)31(55)32(23(17-47)57-34)59-35-26(42-20(3)50)30(54)28(52)22(16-46)58-35/h21-35,45-47,51-55H,4-17H2,1-3H3,(H,40,48)(H,41,49)(H,42,50)(H2,38,43,60)(H2,39,44,61)/t21-,22-,23-,24-,25-,26-,27-,28+,29-,30-,31-,32-,33-,34-,35+/m1/s1. The van der Waals surface area contributed by atoms with Crippen molar-refractivity contribution in [1.29, 1.82) is 0 Å². The van der Waals surface area contributed by atoms with E-state index in [4.69, 9.17) is 43.4 Å². The van der Waals surface area contributed by atoms with Crippen molar-refractivity contribution >= 4 is 52.4 Å². The van der Waals surface area contributed by atoms with Crippen LogP contribution in [0.25, 0.3) is 0 Å². The highest BCUT2D eigenvalue weighted by Crippen LogP contribution is 2.29. The molecule has 0 aliphatic carbocycles. The lowest BCUT2D eigenvalue weighted by Gasteiger charge is -2.48. The summed E-state index contributed by atoms with van der Waals surface area (Å²) in [6, 6.07) is -3.44. The number of unbranched alkanes of at least 4 members (excludes halogenated alkanes) is 8. The van der Waals surface area contributed by atoms with Crippen LogP contribution >= 0.6 is 24.4 Å². The molecule has 22 nitrogen and oxygen atoms in total. The molecule has 0 unspecified atom stereocenters. The number of hydrogen-bond acceptors (Lipinski definition) is 17. The molecule has 0 spiro atoms. The highest BCUT2D eigenvalue weighted by atomic mass is 32.1. The molecule has 0 saturated carbocycles. The van der Waals surface area contributed by atoms with Gasteiger partial charge in [0.25, 0.3) is 0 Å². The van der Waals surface area contributed by atoms with Crippen molar-refractivity contribution in [2.45, 2.75) is 170 Å². The molecule has 24 heteroatoms. The first kappa shape index (κ1) is 52.7. The summed E-state index contributed by atoms with van der Waals surface area (Å²) in [5.41, 5.74) is 0. The highest BCUT2D eigenvalue weighted by molar-refractivity contribution is 7.80. The average Bonchev–Trinajstić information content (AvgIpc) is 3.20. The van der Waals surface area contributed by atoms with Crippen LogP contribution in [0.4, 0.5) is 0 Å². The maximum Gasteiger partial charge on any atom is 0.217 e. The number of carbonyl (C=O) groups is 3. The van der Waals surface area contributed by atoms with Crippen LogP contribution < -0.4 is 37.2 Å². The van der Waals surface area contributed by atoms with Crippen molar-refractivity contribution in [3.8, 4) is 0 Å². The third-order valence-electron chi connectivity index (χ3n) is 10.6. The first-order chi connectivity index (χ1) is 29.0. The molecule has 3 heterocycles. The number of ether oxygens (including phenoxy) is 4. The largest absolute Gasteiger partial charge is 0.394 e. The summed E-state index contributed by atoms with van der Waals surface area (Å²) in [5.74, 6) is -1.52. The van der Waals surface area contributed by atoms with Gasteiger partial charge in [-0.1, -0.05) is 44.9 Å². The monoisotopic (exact) mass is 913 g/mol. The third kappa shape index (κ3) is 16.4. The Morgan fingerprint density at radius 1 is 0.492 bits per heavy atom. The van der Waals surface area contributed by atoms with Gasteiger partial charge in [-0.25, -0.2) is 0 Å². The van der Waals surface area contributed by atoms with E-state index in [0.29, 0.717) is 13.1 Å². The number of amides is 3. The molecule has 0 aromatic carbocycles. The van der Waals surface area contributed by atoms with E-state index in [-0.39, 0.29) is 10.2 Å². The van der Waals surface area contributed by atoms with E-state index < -0.39 is 129 Å². The Balaban J connectivity index is 1.33. The predicted octanol–water partition coefficient (Wildman–Crippen LogP) is -4.72. The molecule has 15 N–H and O–H groups in total. The lowest BCUT2D eigenvalue weighted by molar-refractivity contribution is -0.315. The molecule has 61 heavy (non-hydrogen) atoms. The van der Waals surface area contributed by atoms with Gasteiger partial charge in [-0.05, 0) is 37.3 Å². The summed E-state index contributed by atoms with van der Waals surface area (Å²) < 4.78 is 23.2. The van der Waals surface area contributed by atoms with E-state index in [1.54, 1.807) is 0 Å². The molecule has 3 aliphatic heterocycles. The van der Waals surface area contributed by atoms with Crippen LogP contribution in [-0.2, 0) is 33.3 Å². The van der Waals surface area contributed by atoms with E-state index in [1.165, 1.54) is 20.8 Å². The molecule has 0 aromatic rings. The van der Waals surface area contributed by atoms with Gasteiger partial charge in [-0.15, -0.1) is 0 Å². The maximum absolute atomic E-state index is 12.2.